The number of hydrogen-bond acceptors (Lipinski definition) is 1. The summed E-state index contributed by atoms with van der Waals surface area (Å²) in [7, 11) is 0. The van der Waals surface area contributed by atoms with Gasteiger partial charge in [0, 0.05) is 18.6 Å². The molecule has 0 aromatic heterocycles. The summed E-state index contributed by atoms with van der Waals surface area (Å²) in [5.41, 5.74) is 1.54. The molecule has 1 atom stereocenters. The molecule has 2 rings (SSSR count). The van der Waals surface area contributed by atoms with E-state index in [9.17, 15) is 5.11 Å². The van der Waals surface area contributed by atoms with Crippen LogP contribution in [-0.2, 0) is 0 Å². The molecule has 0 radical (unpaired) electrons. The zero-order valence-corrected chi connectivity index (χ0v) is 13.2. The minimum Gasteiger partial charge on any atom is -0.384 e. The summed E-state index contributed by atoms with van der Waals surface area (Å²) in [4.78, 5) is 0. The van der Waals surface area contributed by atoms with Crippen molar-refractivity contribution in [2.45, 2.75) is 6.10 Å². The summed E-state index contributed by atoms with van der Waals surface area (Å²) in [5.74, 6) is 0. The number of benzene rings is 2. The van der Waals surface area contributed by atoms with E-state index in [1.165, 1.54) is 0 Å². The first-order chi connectivity index (χ1) is 8.09. The Morgan fingerprint density at radius 2 is 1.88 bits per heavy atom. The minimum atomic E-state index is -0.715. The number of halogens is 3. The molecule has 0 aliphatic carbocycles. The Balaban J connectivity index is 2.47. The van der Waals surface area contributed by atoms with E-state index >= 15 is 0 Å². The molecule has 0 aliphatic rings. The molecule has 0 fully saturated rings. The molecule has 0 heterocycles. The van der Waals surface area contributed by atoms with Gasteiger partial charge in [-0.05, 0) is 52.4 Å². The van der Waals surface area contributed by atoms with Crippen LogP contribution in [0.1, 0.15) is 17.2 Å². The third-order valence-corrected chi connectivity index (χ3v) is 4.13. The normalized spacial score (nSPS) is 12.5. The van der Waals surface area contributed by atoms with E-state index in [0.717, 1.165) is 13.6 Å². The van der Waals surface area contributed by atoms with Gasteiger partial charge in [-0.15, -0.1) is 0 Å². The summed E-state index contributed by atoms with van der Waals surface area (Å²) in [6.07, 6.45) is -0.715. The third-order valence-electron chi connectivity index (χ3n) is 2.44. The van der Waals surface area contributed by atoms with Crippen molar-refractivity contribution >= 4 is 50.1 Å². The van der Waals surface area contributed by atoms with E-state index in [-0.39, 0.29) is 0 Å². The van der Waals surface area contributed by atoms with Gasteiger partial charge in [0.05, 0.1) is 0 Å². The maximum absolute atomic E-state index is 10.4. The minimum absolute atomic E-state index is 0.561. The maximum Gasteiger partial charge on any atom is 0.107 e. The summed E-state index contributed by atoms with van der Waals surface area (Å²) >= 11 is 11.8. The van der Waals surface area contributed by atoms with Crippen molar-refractivity contribution in [3.8, 4) is 0 Å². The molecule has 0 amide bonds. The smallest absolute Gasteiger partial charge is 0.107 e. The molecular weight excluding hydrogens is 414 g/mol. The summed E-state index contributed by atoms with van der Waals surface area (Å²) in [6.45, 7) is 0. The van der Waals surface area contributed by atoms with Gasteiger partial charge in [-0.3, -0.25) is 0 Å². The molecule has 88 valence electrons. The van der Waals surface area contributed by atoms with Crippen molar-refractivity contribution in [1.29, 1.82) is 0 Å². The highest BCUT2D eigenvalue weighted by atomic mass is 127. The zero-order valence-electron chi connectivity index (χ0n) is 8.70. The zero-order chi connectivity index (χ0) is 12.4. The average Bonchev–Trinajstić information content (AvgIpc) is 2.28. The van der Waals surface area contributed by atoms with Crippen LogP contribution < -0.4 is 0 Å². The molecule has 0 saturated heterocycles. The Morgan fingerprint density at radius 3 is 2.53 bits per heavy atom. The topological polar surface area (TPSA) is 20.2 Å². The van der Waals surface area contributed by atoms with Crippen molar-refractivity contribution in [3.63, 3.8) is 0 Å². The lowest BCUT2D eigenvalue weighted by Crippen LogP contribution is -2.01. The van der Waals surface area contributed by atoms with Gasteiger partial charge < -0.3 is 5.11 Å². The van der Waals surface area contributed by atoms with Crippen LogP contribution in [0.25, 0.3) is 0 Å². The van der Waals surface area contributed by atoms with Gasteiger partial charge in [-0.2, -0.15) is 0 Å². The predicted octanol–water partition coefficient (Wildman–Crippen LogP) is 4.79. The maximum atomic E-state index is 10.4. The molecule has 2 aromatic carbocycles. The molecule has 4 heteroatoms. The Hall–Kier alpha value is -0.100. The first-order valence-electron chi connectivity index (χ1n) is 4.97. The fraction of sp³-hybridized carbons (Fsp3) is 0.0769. The predicted molar refractivity (Wildman–Crippen MR) is 82.4 cm³/mol. The van der Waals surface area contributed by atoms with Gasteiger partial charge in [0.1, 0.15) is 6.10 Å². The van der Waals surface area contributed by atoms with Crippen LogP contribution in [0.2, 0.25) is 5.02 Å². The number of rotatable bonds is 2. The summed E-state index contributed by atoms with van der Waals surface area (Å²) in [5, 5.41) is 10.9. The van der Waals surface area contributed by atoms with Gasteiger partial charge in [-0.25, -0.2) is 0 Å². The van der Waals surface area contributed by atoms with Gasteiger partial charge in [-0.1, -0.05) is 45.7 Å². The van der Waals surface area contributed by atoms with Gasteiger partial charge in [0.2, 0.25) is 0 Å². The highest BCUT2D eigenvalue weighted by Gasteiger charge is 2.16. The van der Waals surface area contributed by atoms with Crippen molar-refractivity contribution in [3.05, 3.63) is 66.7 Å². The Bertz CT molecular complexity index is 524. The molecular formula is C13H9BrClIO. The third kappa shape index (κ3) is 3.02. The Kier molecular flexibility index (Phi) is 4.47. The fourth-order valence-corrected chi connectivity index (χ4v) is 3.16. The van der Waals surface area contributed by atoms with Crippen molar-refractivity contribution < 1.29 is 5.11 Å². The van der Waals surface area contributed by atoms with E-state index in [0.29, 0.717) is 10.6 Å². The molecule has 2 aromatic rings. The van der Waals surface area contributed by atoms with Crippen LogP contribution in [0, 0.1) is 3.57 Å². The average molecular weight is 423 g/mol. The number of aliphatic hydroxyl groups excluding tert-OH is 1. The first kappa shape index (κ1) is 13.3. The van der Waals surface area contributed by atoms with Crippen LogP contribution in [0.4, 0.5) is 0 Å². The lowest BCUT2D eigenvalue weighted by atomic mass is 10.0. The quantitative estimate of drug-likeness (QED) is 0.689. The molecule has 0 saturated carbocycles. The van der Waals surface area contributed by atoms with Gasteiger partial charge >= 0.3 is 0 Å². The van der Waals surface area contributed by atoms with Crippen LogP contribution in [0.3, 0.4) is 0 Å². The second-order valence-electron chi connectivity index (χ2n) is 3.59. The Labute approximate surface area is 127 Å². The highest BCUT2D eigenvalue weighted by molar-refractivity contribution is 14.1. The van der Waals surface area contributed by atoms with Crippen LogP contribution in [0.15, 0.2) is 46.9 Å². The first-order valence-corrected chi connectivity index (χ1v) is 7.22. The number of aliphatic hydroxyl groups is 1. The van der Waals surface area contributed by atoms with E-state index in [1.807, 2.05) is 36.4 Å². The van der Waals surface area contributed by atoms with Crippen LogP contribution in [-0.4, -0.2) is 5.11 Å². The van der Waals surface area contributed by atoms with Crippen molar-refractivity contribution in [2.75, 3.05) is 0 Å². The fourth-order valence-electron chi connectivity index (χ4n) is 1.62. The van der Waals surface area contributed by atoms with Gasteiger partial charge in [0.15, 0.2) is 0 Å². The molecule has 1 unspecified atom stereocenters. The van der Waals surface area contributed by atoms with E-state index in [1.54, 1.807) is 6.07 Å². The molecule has 1 nitrogen and oxygen atoms in total. The lowest BCUT2D eigenvalue weighted by molar-refractivity contribution is 0.219. The second-order valence-corrected chi connectivity index (χ2v) is 6.10. The monoisotopic (exact) mass is 422 g/mol. The molecule has 1 N–H and O–H groups in total. The van der Waals surface area contributed by atoms with Crippen molar-refractivity contribution in [2.24, 2.45) is 0 Å². The SMILES string of the molecule is OC(c1cccc(I)c1)c1c(Cl)cccc1Br. The van der Waals surface area contributed by atoms with Gasteiger partial charge in [0.25, 0.3) is 0 Å². The summed E-state index contributed by atoms with van der Waals surface area (Å²) in [6, 6.07) is 13.2. The molecule has 17 heavy (non-hydrogen) atoms. The highest BCUT2D eigenvalue weighted by Crippen LogP contribution is 2.34. The van der Waals surface area contributed by atoms with E-state index in [2.05, 4.69) is 38.5 Å². The van der Waals surface area contributed by atoms with E-state index < -0.39 is 6.10 Å². The largest absolute Gasteiger partial charge is 0.384 e. The molecule has 0 spiro atoms. The standard InChI is InChI=1S/C13H9BrClIO/c14-10-5-2-6-11(15)12(10)13(17)8-3-1-4-9(16)7-8/h1-7,13,17H. The summed E-state index contributed by atoms with van der Waals surface area (Å²) < 4.78 is 1.90. The second kappa shape index (κ2) is 5.69. The Morgan fingerprint density at radius 1 is 1.18 bits per heavy atom. The van der Waals surface area contributed by atoms with Crippen molar-refractivity contribution in [1.82, 2.24) is 0 Å². The van der Waals surface area contributed by atoms with Crippen LogP contribution >= 0.6 is 50.1 Å². The van der Waals surface area contributed by atoms with E-state index in [4.69, 9.17) is 11.6 Å². The molecule has 0 bridgehead atoms. The van der Waals surface area contributed by atoms with Crippen LogP contribution in [0.5, 0.6) is 0 Å². The molecule has 0 aliphatic heterocycles. The lowest BCUT2D eigenvalue weighted by Gasteiger charge is -2.15. The number of hydrogen-bond donors (Lipinski definition) is 1.